The molecule has 13 rings (SSSR count). The van der Waals surface area contributed by atoms with E-state index in [0.29, 0.717) is 5.82 Å². The Kier molecular flexibility index (Phi) is 8.15. The summed E-state index contributed by atoms with van der Waals surface area (Å²) in [5.41, 5.74) is 14.4. The van der Waals surface area contributed by atoms with Crippen LogP contribution in [0, 0.1) is 0 Å². The Labute approximate surface area is 367 Å². The van der Waals surface area contributed by atoms with Crippen molar-refractivity contribution in [2.24, 2.45) is 0 Å². The molecule has 0 atom stereocenters. The van der Waals surface area contributed by atoms with E-state index in [4.69, 9.17) is 18.8 Å². The molecule has 298 valence electrons. The SMILES string of the molecule is c1ccc(-c2cc(-c3cccc(-c4cccnc4)c3)nc(-c3cc(-c4ccc5oc6c7ccccc7ccc6c5c4)cc(-c4ccc5oc6c7ccccc7ccc6c5c4)c3)n2)cc1. The average Bonchev–Trinajstić information content (AvgIpc) is 3.95. The van der Waals surface area contributed by atoms with Gasteiger partial charge >= 0.3 is 0 Å². The molecule has 0 N–H and O–H groups in total. The van der Waals surface area contributed by atoms with Gasteiger partial charge in [-0.05, 0) is 111 Å². The molecule has 4 heterocycles. The lowest BCUT2D eigenvalue weighted by Gasteiger charge is -2.13. The number of nitrogens with zero attached hydrogens (tertiary/aromatic N) is 3. The Bertz CT molecular complexity index is 3790. The van der Waals surface area contributed by atoms with Crippen LogP contribution in [-0.2, 0) is 0 Å². The lowest BCUT2D eigenvalue weighted by Crippen LogP contribution is -1.97. The van der Waals surface area contributed by atoms with Crippen molar-refractivity contribution in [2.75, 3.05) is 0 Å². The van der Waals surface area contributed by atoms with E-state index in [1.54, 1.807) is 6.20 Å². The van der Waals surface area contributed by atoms with Gasteiger partial charge in [0, 0.05) is 67.0 Å². The maximum Gasteiger partial charge on any atom is 0.160 e. The van der Waals surface area contributed by atoms with Crippen molar-refractivity contribution in [1.82, 2.24) is 15.0 Å². The molecule has 5 heteroatoms. The molecular weight excluding hydrogens is 783 g/mol. The van der Waals surface area contributed by atoms with Crippen LogP contribution in [0.25, 0.3) is 133 Å². The minimum Gasteiger partial charge on any atom is -0.455 e. The third-order valence-electron chi connectivity index (χ3n) is 12.5. The largest absolute Gasteiger partial charge is 0.455 e. The minimum atomic E-state index is 0.633. The zero-order valence-electron chi connectivity index (χ0n) is 34.4. The summed E-state index contributed by atoms with van der Waals surface area (Å²) in [6.07, 6.45) is 3.69. The molecule has 0 fully saturated rings. The molecule has 0 unspecified atom stereocenters. The molecule has 0 aliphatic rings. The van der Waals surface area contributed by atoms with Crippen LogP contribution in [0.15, 0.2) is 221 Å². The van der Waals surface area contributed by atoms with Crippen LogP contribution in [0.5, 0.6) is 0 Å². The van der Waals surface area contributed by atoms with Crippen LogP contribution in [0.1, 0.15) is 0 Å². The number of aromatic nitrogens is 3. The van der Waals surface area contributed by atoms with Gasteiger partial charge in [0.15, 0.2) is 5.82 Å². The highest BCUT2D eigenvalue weighted by Crippen LogP contribution is 2.41. The van der Waals surface area contributed by atoms with Gasteiger partial charge in [0.2, 0.25) is 0 Å². The second-order valence-corrected chi connectivity index (χ2v) is 16.4. The predicted molar refractivity (Wildman–Crippen MR) is 262 cm³/mol. The molecule has 0 spiro atoms. The van der Waals surface area contributed by atoms with Gasteiger partial charge in [0.1, 0.15) is 22.3 Å². The third kappa shape index (κ3) is 6.05. The van der Waals surface area contributed by atoms with Crippen LogP contribution >= 0.6 is 0 Å². The maximum absolute atomic E-state index is 6.55. The van der Waals surface area contributed by atoms with E-state index < -0.39 is 0 Å². The van der Waals surface area contributed by atoms with Crippen molar-refractivity contribution < 1.29 is 8.83 Å². The number of hydrogen-bond donors (Lipinski definition) is 0. The van der Waals surface area contributed by atoms with Crippen molar-refractivity contribution in [3.8, 4) is 67.3 Å². The minimum absolute atomic E-state index is 0.633. The van der Waals surface area contributed by atoms with Gasteiger partial charge in [-0.1, -0.05) is 127 Å². The van der Waals surface area contributed by atoms with Crippen LogP contribution in [0.2, 0.25) is 0 Å². The van der Waals surface area contributed by atoms with Gasteiger partial charge in [-0.15, -0.1) is 0 Å². The Balaban J connectivity index is 1.03. The second-order valence-electron chi connectivity index (χ2n) is 16.4. The van der Waals surface area contributed by atoms with Crippen molar-refractivity contribution >= 4 is 65.4 Å². The van der Waals surface area contributed by atoms with Crippen LogP contribution in [0.3, 0.4) is 0 Å². The maximum atomic E-state index is 6.55. The van der Waals surface area contributed by atoms with Crippen LogP contribution in [0.4, 0.5) is 0 Å². The Morgan fingerprint density at radius 2 is 0.812 bits per heavy atom. The van der Waals surface area contributed by atoms with Gasteiger partial charge in [0.05, 0.1) is 11.4 Å². The summed E-state index contributed by atoms with van der Waals surface area (Å²) in [6.45, 7) is 0. The summed E-state index contributed by atoms with van der Waals surface area (Å²) in [6, 6.07) is 70.2. The molecule has 13 aromatic rings. The first kappa shape index (κ1) is 36.0. The van der Waals surface area contributed by atoms with Gasteiger partial charge in [-0.2, -0.15) is 0 Å². The zero-order valence-corrected chi connectivity index (χ0v) is 34.4. The number of benzene rings is 9. The number of pyridine rings is 1. The second kappa shape index (κ2) is 14.5. The fourth-order valence-electron chi connectivity index (χ4n) is 9.33. The lowest BCUT2D eigenvalue weighted by molar-refractivity contribution is 0.672. The van der Waals surface area contributed by atoms with Gasteiger partial charge < -0.3 is 8.83 Å². The quantitative estimate of drug-likeness (QED) is 0.167. The van der Waals surface area contributed by atoms with Crippen molar-refractivity contribution in [1.29, 1.82) is 0 Å². The van der Waals surface area contributed by atoms with E-state index in [2.05, 4.69) is 193 Å². The molecule has 0 radical (unpaired) electrons. The molecule has 64 heavy (non-hydrogen) atoms. The molecule has 4 aromatic heterocycles. The first-order valence-corrected chi connectivity index (χ1v) is 21.5. The highest BCUT2D eigenvalue weighted by Gasteiger charge is 2.18. The molecule has 0 saturated carbocycles. The topological polar surface area (TPSA) is 65.0 Å². The Morgan fingerprint density at radius 1 is 0.297 bits per heavy atom. The van der Waals surface area contributed by atoms with E-state index in [-0.39, 0.29) is 0 Å². The number of furan rings is 2. The third-order valence-corrected chi connectivity index (χ3v) is 12.5. The monoisotopic (exact) mass is 817 g/mol. The zero-order chi connectivity index (χ0) is 42.1. The highest BCUT2D eigenvalue weighted by molar-refractivity contribution is 6.17. The van der Waals surface area contributed by atoms with E-state index in [1.165, 1.54) is 0 Å². The summed E-state index contributed by atoms with van der Waals surface area (Å²) < 4.78 is 13.1. The van der Waals surface area contributed by atoms with Crippen LogP contribution < -0.4 is 0 Å². The van der Waals surface area contributed by atoms with Gasteiger partial charge in [-0.3, -0.25) is 4.98 Å². The Morgan fingerprint density at radius 3 is 1.44 bits per heavy atom. The number of hydrogen-bond acceptors (Lipinski definition) is 5. The first-order chi connectivity index (χ1) is 31.7. The molecule has 0 saturated heterocycles. The molecule has 0 aliphatic heterocycles. The first-order valence-electron chi connectivity index (χ1n) is 21.5. The molecule has 0 bridgehead atoms. The smallest absolute Gasteiger partial charge is 0.160 e. The normalized spacial score (nSPS) is 11.8. The van der Waals surface area contributed by atoms with E-state index in [0.717, 1.165) is 127 Å². The summed E-state index contributed by atoms with van der Waals surface area (Å²) in [5, 5.41) is 8.85. The van der Waals surface area contributed by atoms with E-state index >= 15 is 0 Å². The summed E-state index contributed by atoms with van der Waals surface area (Å²) >= 11 is 0. The van der Waals surface area contributed by atoms with Crippen molar-refractivity contribution in [3.05, 3.63) is 213 Å². The number of rotatable bonds is 6. The van der Waals surface area contributed by atoms with Crippen molar-refractivity contribution in [3.63, 3.8) is 0 Å². The average molecular weight is 818 g/mol. The molecule has 0 aliphatic carbocycles. The summed E-state index contributed by atoms with van der Waals surface area (Å²) in [5.74, 6) is 0.633. The van der Waals surface area contributed by atoms with Crippen LogP contribution in [-0.4, -0.2) is 15.0 Å². The molecule has 9 aromatic carbocycles. The number of fused-ring (bicyclic) bond motifs is 10. The van der Waals surface area contributed by atoms with E-state index in [1.807, 2.05) is 18.3 Å². The molecular formula is C59H35N3O2. The molecule has 5 nitrogen and oxygen atoms in total. The standard InChI is InChI=1S/C59H35N3O2/c1-2-12-38(13-3-1)53-34-54(42-15-8-14-39(28-42)43-16-9-27-60-35-43)62-59(61-53)46-30-44(40-21-25-55-51(32-40)49-23-19-36-10-4-6-17-47(36)57(49)63-55)29-45(31-46)41-22-26-56-52(33-41)50-24-20-37-11-5-7-18-48(37)58(50)64-56/h1-35H. The van der Waals surface area contributed by atoms with Crippen molar-refractivity contribution in [2.45, 2.75) is 0 Å². The fraction of sp³-hybridized carbons (Fsp3) is 0. The fourth-order valence-corrected chi connectivity index (χ4v) is 9.33. The Hall–Kier alpha value is -8.67. The predicted octanol–water partition coefficient (Wildman–Crippen LogP) is 16.0. The highest BCUT2D eigenvalue weighted by atomic mass is 16.3. The molecule has 0 amide bonds. The summed E-state index contributed by atoms with van der Waals surface area (Å²) in [4.78, 5) is 15.1. The summed E-state index contributed by atoms with van der Waals surface area (Å²) in [7, 11) is 0. The van der Waals surface area contributed by atoms with Gasteiger partial charge in [0.25, 0.3) is 0 Å². The lowest BCUT2D eigenvalue weighted by atomic mass is 9.94. The van der Waals surface area contributed by atoms with Gasteiger partial charge in [-0.25, -0.2) is 9.97 Å². The van der Waals surface area contributed by atoms with E-state index in [9.17, 15) is 0 Å².